The maximum atomic E-state index is 12.4. The number of nitrogens with one attached hydrogen (secondary N) is 2. The zero-order chi connectivity index (χ0) is 22.7. The van der Waals surface area contributed by atoms with Crippen LogP contribution in [0, 0.1) is 0 Å². The first-order chi connectivity index (χ1) is 14.1. The zero-order valence-electron chi connectivity index (χ0n) is 20.4. The van der Waals surface area contributed by atoms with Gasteiger partial charge in [-0.05, 0) is 41.0 Å². The number of carbonyl (C=O) groups is 2. The molecule has 0 aromatic carbocycles. The Hall–Kier alpha value is -1.30. The maximum Gasteiger partial charge on any atom is 0.410 e. The molecule has 0 saturated carbocycles. The van der Waals surface area contributed by atoms with Gasteiger partial charge in [0.05, 0.1) is 6.54 Å². The van der Waals surface area contributed by atoms with Crippen molar-refractivity contribution in [2.75, 3.05) is 59.4 Å². The number of nitrogens with zero attached hydrogens (tertiary/aromatic N) is 4. The van der Waals surface area contributed by atoms with Gasteiger partial charge in [-0.1, -0.05) is 6.92 Å². The summed E-state index contributed by atoms with van der Waals surface area (Å²) in [4.78, 5) is 34.8. The number of piperazine rings is 1. The van der Waals surface area contributed by atoms with Crippen molar-refractivity contribution in [1.82, 2.24) is 25.3 Å². The smallest absolute Gasteiger partial charge is 0.410 e. The lowest BCUT2D eigenvalue weighted by atomic mass is 10.2. The fraction of sp³-hybridized carbons (Fsp3) is 0.857. The monoisotopic (exact) mass is 554 g/mol. The number of hydrogen-bond donors (Lipinski definition) is 2. The van der Waals surface area contributed by atoms with E-state index in [1.807, 2.05) is 41.5 Å². The number of hydrogen-bond acceptors (Lipinski definition) is 5. The molecule has 1 saturated heterocycles. The first kappa shape index (κ1) is 29.7. The molecule has 1 aliphatic heterocycles. The highest BCUT2D eigenvalue weighted by Crippen LogP contribution is 2.10. The molecule has 0 aliphatic carbocycles. The first-order valence-corrected chi connectivity index (χ1v) is 11.0. The summed E-state index contributed by atoms with van der Waals surface area (Å²) in [5.74, 6) is 0.890. The molecule has 0 aromatic heterocycles. The lowest BCUT2D eigenvalue weighted by Crippen LogP contribution is -2.55. The number of guanidine groups is 1. The summed E-state index contributed by atoms with van der Waals surface area (Å²) in [6.45, 7) is 17.1. The van der Waals surface area contributed by atoms with Crippen LogP contribution in [0.15, 0.2) is 4.99 Å². The molecule has 0 unspecified atom stereocenters. The van der Waals surface area contributed by atoms with Gasteiger partial charge in [0.25, 0.3) is 0 Å². The molecule has 182 valence electrons. The molecule has 1 fully saturated rings. The number of aliphatic imine (C=N–C) groups is 1. The van der Waals surface area contributed by atoms with Gasteiger partial charge in [0.15, 0.2) is 5.96 Å². The van der Waals surface area contributed by atoms with E-state index in [1.165, 1.54) is 0 Å². The lowest BCUT2D eigenvalue weighted by molar-refractivity contribution is -0.123. The summed E-state index contributed by atoms with van der Waals surface area (Å²) >= 11 is 0. The lowest BCUT2D eigenvalue weighted by Gasteiger charge is -2.36. The van der Waals surface area contributed by atoms with Crippen molar-refractivity contribution in [3.8, 4) is 0 Å². The first-order valence-electron chi connectivity index (χ1n) is 11.0. The highest BCUT2D eigenvalue weighted by atomic mass is 127. The summed E-state index contributed by atoms with van der Waals surface area (Å²) in [7, 11) is 1.77. The molecule has 10 heteroatoms. The Morgan fingerprint density at radius 3 is 2.23 bits per heavy atom. The summed E-state index contributed by atoms with van der Waals surface area (Å²) in [6.07, 6.45) is 0.592. The van der Waals surface area contributed by atoms with E-state index in [-0.39, 0.29) is 42.0 Å². The maximum absolute atomic E-state index is 12.4. The van der Waals surface area contributed by atoms with Crippen LogP contribution in [0.4, 0.5) is 4.79 Å². The van der Waals surface area contributed by atoms with Crippen LogP contribution >= 0.6 is 24.0 Å². The third-order valence-corrected chi connectivity index (χ3v) is 4.51. The van der Waals surface area contributed by atoms with Crippen molar-refractivity contribution in [2.24, 2.45) is 4.99 Å². The molecule has 0 bridgehead atoms. The Morgan fingerprint density at radius 1 is 1.13 bits per heavy atom. The van der Waals surface area contributed by atoms with Gasteiger partial charge < -0.3 is 25.2 Å². The van der Waals surface area contributed by atoms with Crippen LogP contribution in [-0.2, 0) is 9.53 Å². The van der Waals surface area contributed by atoms with Gasteiger partial charge in [-0.2, -0.15) is 0 Å². The highest BCUT2D eigenvalue weighted by molar-refractivity contribution is 14.0. The number of rotatable bonds is 8. The third kappa shape index (κ3) is 12.4. The minimum atomic E-state index is -0.502. The van der Waals surface area contributed by atoms with Gasteiger partial charge in [0, 0.05) is 58.9 Å². The van der Waals surface area contributed by atoms with Crippen LogP contribution in [0.5, 0.6) is 0 Å². The van der Waals surface area contributed by atoms with Crippen molar-refractivity contribution >= 4 is 41.9 Å². The normalized spacial score (nSPS) is 15.4. The Bertz CT molecular complexity index is 572. The van der Waals surface area contributed by atoms with Crippen molar-refractivity contribution < 1.29 is 14.3 Å². The van der Waals surface area contributed by atoms with Crippen LogP contribution in [0.3, 0.4) is 0 Å². The molecule has 1 rings (SSSR count). The van der Waals surface area contributed by atoms with Gasteiger partial charge in [-0.25, -0.2) is 4.79 Å². The van der Waals surface area contributed by atoms with E-state index in [9.17, 15) is 9.59 Å². The Kier molecular flexibility index (Phi) is 14.1. The van der Waals surface area contributed by atoms with Crippen molar-refractivity contribution in [3.05, 3.63) is 0 Å². The molecule has 9 nitrogen and oxygen atoms in total. The van der Waals surface area contributed by atoms with E-state index >= 15 is 0 Å². The van der Waals surface area contributed by atoms with E-state index in [2.05, 4.69) is 25.4 Å². The number of halogens is 1. The predicted molar refractivity (Wildman–Crippen MR) is 136 cm³/mol. The minimum absolute atomic E-state index is 0. The predicted octanol–water partition coefficient (Wildman–Crippen LogP) is 1.97. The van der Waals surface area contributed by atoms with Crippen LogP contribution in [0.2, 0.25) is 0 Å². The van der Waals surface area contributed by atoms with Gasteiger partial charge >= 0.3 is 6.09 Å². The van der Waals surface area contributed by atoms with E-state index < -0.39 is 5.60 Å². The van der Waals surface area contributed by atoms with Crippen LogP contribution in [0.1, 0.15) is 48.0 Å². The van der Waals surface area contributed by atoms with E-state index in [1.54, 1.807) is 11.9 Å². The standard InChI is InChI=1S/C21H42N6O3.HI/c1-8-10-27(20(29)30-21(4,5)6)11-9-23-19(22-7)26-14-12-25(13-15-26)16-18(28)24-17(2)3;/h17H,8-16H2,1-7H3,(H,22,23)(H,24,28);1H. The summed E-state index contributed by atoms with van der Waals surface area (Å²) in [6, 6.07) is 0.162. The molecule has 1 aliphatic rings. The van der Waals surface area contributed by atoms with E-state index in [0.717, 1.165) is 38.6 Å². The molecular formula is C21H43IN6O3. The topological polar surface area (TPSA) is 89.5 Å². The largest absolute Gasteiger partial charge is 0.444 e. The van der Waals surface area contributed by atoms with E-state index in [0.29, 0.717) is 26.2 Å². The number of amides is 2. The van der Waals surface area contributed by atoms with Crippen molar-refractivity contribution in [1.29, 1.82) is 0 Å². The molecule has 0 aromatic rings. The fourth-order valence-electron chi connectivity index (χ4n) is 3.21. The molecule has 2 amide bonds. The summed E-state index contributed by atoms with van der Waals surface area (Å²) < 4.78 is 5.50. The second kappa shape index (κ2) is 14.7. The van der Waals surface area contributed by atoms with Crippen LogP contribution < -0.4 is 10.6 Å². The Morgan fingerprint density at radius 2 is 1.74 bits per heavy atom. The summed E-state index contributed by atoms with van der Waals surface area (Å²) in [5.41, 5.74) is -0.502. The zero-order valence-corrected chi connectivity index (χ0v) is 22.7. The third-order valence-electron chi connectivity index (χ3n) is 4.51. The Balaban J connectivity index is 0.00000900. The molecule has 31 heavy (non-hydrogen) atoms. The SMILES string of the molecule is CCCN(CCNC(=NC)N1CCN(CC(=O)NC(C)C)CC1)C(=O)OC(C)(C)C.I. The molecule has 0 spiro atoms. The highest BCUT2D eigenvalue weighted by Gasteiger charge is 2.23. The Labute approximate surface area is 205 Å². The van der Waals surface area contributed by atoms with Gasteiger partial charge in [0.2, 0.25) is 5.91 Å². The molecule has 1 heterocycles. The molecule has 2 N–H and O–H groups in total. The van der Waals surface area contributed by atoms with Gasteiger partial charge in [0.1, 0.15) is 5.60 Å². The number of ether oxygens (including phenoxy) is 1. The van der Waals surface area contributed by atoms with E-state index in [4.69, 9.17) is 4.74 Å². The average molecular weight is 555 g/mol. The summed E-state index contributed by atoms with van der Waals surface area (Å²) in [5, 5.41) is 6.29. The molecule has 0 atom stereocenters. The molecule has 0 radical (unpaired) electrons. The average Bonchev–Trinajstić information content (AvgIpc) is 2.63. The second-order valence-electron chi connectivity index (χ2n) is 8.93. The van der Waals surface area contributed by atoms with Crippen LogP contribution in [-0.4, -0.2) is 104 Å². The fourth-order valence-corrected chi connectivity index (χ4v) is 3.21. The number of carbonyl (C=O) groups excluding carboxylic acids is 2. The molecular weight excluding hydrogens is 511 g/mol. The second-order valence-corrected chi connectivity index (χ2v) is 8.93. The van der Waals surface area contributed by atoms with Crippen LogP contribution in [0.25, 0.3) is 0 Å². The van der Waals surface area contributed by atoms with Gasteiger partial charge in [-0.3, -0.25) is 14.7 Å². The minimum Gasteiger partial charge on any atom is -0.444 e. The van der Waals surface area contributed by atoms with Crippen molar-refractivity contribution in [3.63, 3.8) is 0 Å². The van der Waals surface area contributed by atoms with Gasteiger partial charge in [-0.15, -0.1) is 24.0 Å². The quantitative estimate of drug-likeness (QED) is 0.271. The van der Waals surface area contributed by atoms with Crippen molar-refractivity contribution in [2.45, 2.75) is 59.6 Å².